The third kappa shape index (κ3) is 4.37. The highest BCUT2D eigenvalue weighted by Crippen LogP contribution is 2.05. The number of nitrogens with one attached hydrogen (secondary N) is 2. The Kier molecular flexibility index (Phi) is 4.58. The smallest absolute Gasteiger partial charge is 0.320 e. The Hall–Kier alpha value is -3.22. The minimum atomic E-state index is -0.305. The summed E-state index contributed by atoms with van der Waals surface area (Å²) in [6.07, 6.45) is 8.73. The molecule has 0 aromatic carbocycles. The first-order valence-electron chi connectivity index (χ1n) is 7.16. The molecule has 3 aromatic heterocycles. The Morgan fingerprint density at radius 2 is 1.78 bits per heavy atom. The topological polar surface area (TPSA) is 84.7 Å². The summed E-state index contributed by atoms with van der Waals surface area (Å²) in [4.78, 5) is 19.9. The third-order valence-corrected chi connectivity index (χ3v) is 3.13. The molecule has 0 atom stereocenters. The van der Waals surface area contributed by atoms with Gasteiger partial charge in [0.1, 0.15) is 0 Å². The van der Waals surface area contributed by atoms with Gasteiger partial charge in [0, 0.05) is 43.6 Å². The van der Waals surface area contributed by atoms with Crippen molar-refractivity contribution < 1.29 is 4.79 Å². The van der Waals surface area contributed by atoms with Gasteiger partial charge >= 0.3 is 6.03 Å². The van der Waals surface area contributed by atoms with Crippen molar-refractivity contribution in [1.82, 2.24) is 25.1 Å². The number of rotatable bonds is 5. The van der Waals surface area contributed by atoms with Crippen molar-refractivity contribution in [2.24, 2.45) is 0 Å². The second kappa shape index (κ2) is 7.17. The molecule has 0 radical (unpaired) electrons. The Morgan fingerprint density at radius 1 is 1.04 bits per heavy atom. The molecule has 0 aliphatic carbocycles. The van der Waals surface area contributed by atoms with Gasteiger partial charge in [0.25, 0.3) is 0 Å². The first kappa shape index (κ1) is 14.7. The fourth-order valence-corrected chi connectivity index (χ4v) is 2.04. The van der Waals surface area contributed by atoms with E-state index in [2.05, 4.69) is 25.7 Å². The molecule has 116 valence electrons. The number of aromatic nitrogens is 4. The fraction of sp³-hybridized carbons (Fsp3) is 0.125. The van der Waals surface area contributed by atoms with Gasteiger partial charge in [-0.2, -0.15) is 5.10 Å². The highest BCUT2D eigenvalue weighted by Gasteiger charge is 2.05. The van der Waals surface area contributed by atoms with E-state index in [0.29, 0.717) is 18.9 Å². The Balaban J connectivity index is 1.51. The van der Waals surface area contributed by atoms with Gasteiger partial charge in [-0.05, 0) is 23.3 Å². The number of amides is 2. The van der Waals surface area contributed by atoms with E-state index in [1.807, 2.05) is 30.5 Å². The summed E-state index contributed by atoms with van der Waals surface area (Å²) in [5, 5.41) is 9.76. The molecule has 2 amide bonds. The lowest BCUT2D eigenvalue weighted by molar-refractivity contribution is 0.251. The van der Waals surface area contributed by atoms with Crippen LogP contribution in [0.25, 0.3) is 0 Å². The zero-order valence-corrected chi connectivity index (χ0v) is 12.4. The number of carbonyl (C=O) groups is 1. The summed E-state index contributed by atoms with van der Waals surface area (Å²) >= 11 is 0. The van der Waals surface area contributed by atoms with Gasteiger partial charge in [0.2, 0.25) is 0 Å². The van der Waals surface area contributed by atoms with Gasteiger partial charge in [-0.15, -0.1) is 0 Å². The summed E-state index contributed by atoms with van der Waals surface area (Å²) in [6.45, 7) is 1.02. The van der Waals surface area contributed by atoms with E-state index >= 15 is 0 Å². The van der Waals surface area contributed by atoms with E-state index in [0.717, 1.165) is 11.1 Å². The van der Waals surface area contributed by atoms with Crippen molar-refractivity contribution in [3.8, 4) is 0 Å². The molecule has 0 bridgehead atoms. The van der Waals surface area contributed by atoms with Crippen LogP contribution in [0.3, 0.4) is 0 Å². The molecule has 0 unspecified atom stereocenters. The first-order valence-corrected chi connectivity index (χ1v) is 7.16. The van der Waals surface area contributed by atoms with E-state index in [4.69, 9.17) is 0 Å². The van der Waals surface area contributed by atoms with Gasteiger partial charge in [-0.1, -0.05) is 12.1 Å². The molecule has 7 heteroatoms. The van der Waals surface area contributed by atoms with Crippen molar-refractivity contribution >= 4 is 11.8 Å². The van der Waals surface area contributed by atoms with Crippen LogP contribution in [0.15, 0.2) is 61.3 Å². The summed E-state index contributed by atoms with van der Waals surface area (Å²) in [6, 6.07) is 9.03. The monoisotopic (exact) mass is 308 g/mol. The molecule has 3 rings (SSSR count). The number of hydrogen-bond acceptors (Lipinski definition) is 4. The van der Waals surface area contributed by atoms with Crippen LogP contribution in [0, 0.1) is 0 Å². The molecule has 2 N–H and O–H groups in total. The summed E-state index contributed by atoms with van der Waals surface area (Å²) < 4.78 is 1.74. The van der Waals surface area contributed by atoms with Gasteiger partial charge in [0.05, 0.1) is 6.54 Å². The van der Waals surface area contributed by atoms with Crippen molar-refractivity contribution in [2.75, 3.05) is 5.32 Å². The quantitative estimate of drug-likeness (QED) is 0.755. The minimum absolute atomic E-state index is 0.305. The van der Waals surface area contributed by atoms with E-state index in [1.54, 1.807) is 35.5 Å². The zero-order valence-electron chi connectivity index (χ0n) is 12.4. The molecule has 7 nitrogen and oxygen atoms in total. The molecule has 3 heterocycles. The van der Waals surface area contributed by atoms with E-state index in [9.17, 15) is 4.79 Å². The highest BCUT2D eigenvalue weighted by atomic mass is 16.2. The van der Waals surface area contributed by atoms with E-state index in [1.165, 1.54) is 0 Å². The molecular weight excluding hydrogens is 292 g/mol. The van der Waals surface area contributed by atoms with Crippen LogP contribution in [0.5, 0.6) is 0 Å². The van der Waals surface area contributed by atoms with Crippen LogP contribution in [0.1, 0.15) is 11.1 Å². The lowest BCUT2D eigenvalue weighted by Gasteiger charge is -2.05. The van der Waals surface area contributed by atoms with Crippen molar-refractivity contribution in [3.05, 3.63) is 72.4 Å². The van der Waals surface area contributed by atoms with Crippen molar-refractivity contribution in [1.29, 1.82) is 0 Å². The van der Waals surface area contributed by atoms with Crippen molar-refractivity contribution in [2.45, 2.75) is 13.1 Å². The summed E-state index contributed by atoms with van der Waals surface area (Å²) in [5.74, 6) is 0.498. The van der Waals surface area contributed by atoms with E-state index in [-0.39, 0.29) is 6.03 Å². The van der Waals surface area contributed by atoms with Crippen LogP contribution in [-0.4, -0.2) is 25.8 Å². The molecule has 23 heavy (non-hydrogen) atoms. The summed E-state index contributed by atoms with van der Waals surface area (Å²) in [5.41, 5.74) is 1.98. The van der Waals surface area contributed by atoms with Crippen LogP contribution in [-0.2, 0) is 13.1 Å². The van der Waals surface area contributed by atoms with Crippen LogP contribution in [0.4, 0.5) is 10.6 Å². The SMILES string of the molecule is O=C(NCc1cccnc1)Nc1ccn(Cc2cccnc2)n1. The number of hydrogen-bond donors (Lipinski definition) is 2. The largest absolute Gasteiger partial charge is 0.334 e. The lowest BCUT2D eigenvalue weighted by Crippen LogP contribution is -2.28. The molecule has 3 aromatic rings. The number of pyridine rings is 2. The highest BCUT2D eigenvalue weighted by molar-refractivity contribution is 5.88. The molecular formula is C16H16N6O. The number of carbonyl (C=O) groups excluding carboxylic acids is 1. The molecule has 0 fully saturated rings. The second-order valence-corrected chi connectivity index (χ2v) is 4.93. The summed E-state index contributed by atoms with van der Waals surface area (Å²) in [7, 11) is 0. The predicted octanol–water partition coefficient (Wildman–Crippen LogP) is 2.04. The first-order chi connectivity index (χ1) is 11.3. The molecule has 0 aliphatic heterocycles. The lowest BCUT2D eigenvalue weighted by atomic mass is 10.3. The standard InChI is InChI=1S/C16H16N6O/c23-16(19-11-13-3-1-6-17-9-13)20-15-5-8-22(21-15)12-14-4-2-7-18-10-14/h1-10H,11-12H2,(H2,19,20,21,23). The Labute approximate surface area is 133 Å². The average Bonchev–Trinajstić information content (AvgIpc) is 3.02. The van der Waals surface area contributed by atoms with Crippen LogP contribution in [0.2, 0.25) is 0 Å². The molecule has 0 saturated carbocycles. The Morgan fingerprint density at radius 3 is 2.48 bits per heavy atom. The van der Waals surface area contributed by atoms with Gasteiger partial charge in [0.15, 0.2) is 5.82 Å². The maximum absolute atomic E-state index is 11.9. The maximum Gasteiger partial charge on any atom is 0.320 e. The second-order valence-electron chi connectivity index (χ2n) is 4.93. The molecule has 0 spiro atoms. The zero-order chi connectivity index (χ0) is 15.9. The number of urea groups is 1. The normalized spacial score (nSPS) is 10.3. The van der Waals surface area contributed by atoms with Crippen molar-refractivity contribution in [3.63, 3.8) is 0 Å². The third-order valence-electron chi connectivity index (χ3n) is 3.13. The molecule has 0 saturated heterocycles. The number of nitrogens with zero attached hydrogens (tertiary/aromatic N) is 4. The van der Waals surface area contributed by atoms with Gasteiger partial charge in [-0.3, -0.25) is 20.0 Å². The van der Waals surface area contributed by atoms with E-state index < -0.39 is 0 Å². The predicted molar refractivity (Wildman–Crippen MR) is 85.7 cm³/mol. The van der Waals surface area contributed by atoms with Gasteiger partial charge < -0.3 is 5.32 Å². The van der Waals surface area contributed by atoms with Gasteiger partial charge in [-0.25, -0.2) is 4.79 Å². The average molecular weight is 308 g/mol. The van der Waals surface area contributed by atoms with Crippen LogP contribution >= 0.6 is 0 Å². The number of anilines is 1. The molecule has 0 aliphatic rings. The van der Waals surface area contributed by atoms with Crippen LogP contribution < -0.4 is 10.6 Å². The minimum Gasteiger partial charge on any atom is -0.334 e. The fourth-order valence-electron chi connectivity index (χ4n) is 2.04. The maximum atomic E-state index is 11.9. The Bertz CT molecular complexity index is 757.